The molecular formula is C23H17F2N5O2. The van der Waals surface area contributed by atoms with E-state index in [1.54, 1.807) is 22.7 Å². The second kappa shape index (κ2) is 7.01. The van der Waals surface area contributed by atoms with Gasteiger partial charge in [0.2, 0.25) is 5.95 Å². The first-order chi connectivity index (χ1) is 15.6. The number of benzene rings is 2. The van der Waals surface area contributed by atoms with Gasteiger partial charge in [-0.05, 0) is 35.4 Å². The monoisotopic (exact) mass is 433 g/mol. The predicted octanol–water partition coefficient (Wildman–Crippen LogP) is 3.46. The summed E-state index contributed by atoms with van der Waals surface area (Å²) in [6.07, 6.45) is 3.79. The summed E-state index contributed by atoms with van der Waals surface area (Å²) in [5.74, 6) is 0.0613. The number of rotatable bonds is 3. The predicted molar refractivity (Wildman–Crippen MR) is 112 cm³/mol. The van der Waals surface area contributed by atoms with E-state index in [2.05, 4.69) is 20.6 Å². The molecule has 2 aromatic heterocycles. The molecular weight excluding hydrogens is 416 g/mol. The number of fused-ring (bicyclic) bond motifs is 3. The number of carbonyl (C=O) groups excluding carboxylic acids is 1. The van der Waals surface area contributed by atoms with Gasteiger partial charge >= 0.3 is 0 Å². The van der Waals surface area contributed by atoms with E-state index in [0.717, 1.165) is 11.1 Å². The Morgan fingerprint density at radius 2 is 2.06 bits per heavy atom. The summed E-state index contributed by atoms with van der Waals surface area (Å²) >= 11 is 0. The van der Waals surface area contributed by atoms with Crippen molar-refractivity contribution < 1.29 is 18.3 Å². The fourth-order valence-corrected chi connectivity index (χ4v) is 4.41. The van der Waals surface area contributed by atoms with Gasteiger partial charge in [-0.15, -0.1) is 0 Å². The van der Waals surface area contributed by atoms with Gasteiger partial charge in [-0.25, -0.2) is 18.7 Å². The molecule has 0 unspecified atom stereocenters. The van der Waals surface area contributed by atoms with Gasteiger partial charge in [-0.3, -0.25) is 9.20 Å². The summed E-state index contributed by atoms with van der Waals surface area (Å²) in [7, 11) is 0. The molecule has 0 saturated heterocycles. The fraction of sp³-hybridized carbons (Fsp3) is 0.174. The summed E-state index contributed by atoms with van der Waals surface area (Å²) in [6.45, 7) is 0.912. The zero-order chi connectivity index (χ0) is 21.8. The maximum absolute atomic E-state index is 14.5. The van der Waals surface area contributed by atoms with Crippen LogP contribution < -0.4 is 15.4 Å². The Balaban J connectivity index is 1.45. The third-order valence-corrected chi connectivity index (χ3v) is 5.94. The van der Waals surface area contributed by atoms with Crippen LogP contribution in [0.5, 0.6) is 5.75 Å². The van der Waals surface area contributed by atoms with Gasteiger partial charge in [-0.2, -0.15) is 0 Å². The number of hydrogen-bond donors (Lipinski definition) is 2. The van der Waals surface area contributed by atoms with Gasteiger partial charge in [-0.1, -0.05) is 6.07 Å². The number of hydrogen-bond acceptors (Lipinski definition) is 5. The first-order valence-electron chi connectivity index (χ1n) is 10.2. The Hall–Kier alpha value is -4.01. The molecule has 0 bridgehead atoms. The zero-order valence-electron chi connectivity index (χ0n) is 16.8. The molecule has 0 saturated carbocycles. The Bertz CT molecular complexity index is 1420. The molecule has 4 aromatic rings. The SMILES string of the molecule is O=C1NCc2cc(F)ccc2-c2cnc(NCc3c(F)ccc4c3CCO4)n3cnc1c23. The van der Waals surface area contributed by atoms with Crippen molar-refractivity contribution >= 4 is 17.4 Å². The summed E-state index contributed by atoms with van der Waals surface area (Å²) in [6, 6.07) is 7.49. The van der Waals surface area contributed by atoms with E-state index in [-0.39, 0.29) is 36.3 Å². The Kier molecular flexibility index (Phi) is 4.11. The van der Waals surface area contributed by atoms with Gasteiger partial charge in [0.15, 0.2) is 5.69 Å². The standard InChI is InChI=1S/C23H17F2N5O2/c24-13-1-2-14-12(7-13)8-26-22(31)20-21-17(14)10-28-23(30(21)11-29-20)27-9-16-15-5-6-32-19(15)4-3-18(16)25/h1-4,7,10-11H,5-6,8-9H2,(H,26,31)(H,27,28). The quantitative estimate of drug-likeness (QED) is 0.517. The number of amides is 1. The van der Waals surface area contributed by atoms with Crippen molar-refractivity contribution in [3.63, 3.8) is 0 Å². The Labute approximate surface area is 181 Å². The van der Waals surface area contributed by atoms with Crippen molar-refractivity contribution in [3.05, 3.63) is 76.9 Å². The molecule has 7 nitrogen and oxygen atoms in total. The Morgan fingerprint density at radius 1 is 1.16 bits per heavy atom. The average Bonchev–Trinajstić information content (AvgIpc) is 3.44. The van der Waals surface area contributed by atoms with Crippen LogP contribution in [0.4, 0.5) is 14.7 Å². The molecule has 0 atom stereocenters. The number of aromatic nitrogens is 3. The van der Waals surface area contributed by atoms with Gasteiger partial charge in [0.25, 0.3) is 5.91 Å². The molecule has 6 rings (SSSR count). The molecule has 4 heterocycles. The van der Waals surface area contributed by atoms with Gasteiger partial charge in [0.05, 0.1) is 12.1 Å². The average molecular weight is 433 g/mol. The number of imidazole rings is 1. The molecule has 2 N–H and O–H groups in total. The molecule has 1 amide bonds. The third kappa shape index (κ3) is 2.81. The zero-order valence-corrected chi connectivity index (χ0v) is 16.8. The van der Waals surface area contributed by atoms with Gasteiger partial charge in [0, 0.05) is 42.4 Å². The molecule has 0 spiro atoms. The Morgan fingerprint density at radius 3 is 2.97 bits per heavy atom. The molecule has 9 heteroatoms. The van der Waals surface area contributed by atoms with Crippen molar-refractivity contribution in [1.29, 1.82) is 0 Å². The van der Waals surface area contributed by atoms with E-state index < -0.39 is 0 Å². The van der Waals surface area contributed by atoms with Crippen LogP contribution in [0.15, 0.2) is 42.9 Å². The van der Waals surface area contributed by atoms with Crippen molar-refractivity contribution in [2.75, 3.05) is 11.9 Å². The van der Waals surface area contributed by atoms with Crippen LogP contribution in [0.25, 0.3) is 16.6 Å². The lowest BCUT2D eigenvalue weighted by molar-refractivity contribution is 0.0948. The maximum atomic E-state index is 14.5. The van der Waals surface area contributed by atoms with E-state index in [4.69, 9.17) is 4.74 Å². The molecule has 2 aliphatic heterocycles. The highest BCUT2D eigenvalue weighted by atomic mass is 19.1. The first-order valence-corrected chi connectivity index (χ1v) is 10.2. The summed E-state index contributed by atoms with van der Waals surface area (Å²) < 4.78 is 35.5. The highest BCUT2D eigenvalue weighted by Crippen LogP contribution is 2.34. The van der Waals surface area contributed by atoms with Crippen LogP contribution in [-0.2, 0) is 19.5 Å². The van der Waals surface area contributed by atoms with Crippen molar-refractivity contribution in [2.24, 2.45) is 0 Å². The van der Waals surface area contributed by atoms with Crippen molar-refractivity contribution in [1.82, 2.24) is 19.7 Å². The van der Waals surface area contributed by atoms with Crippen molar-refractivity contribution in [2.45, 2.75) is 19.5 Å². The van der Waals surface area contributed by atoms with Crippen LogP contribution in [0, 0.1) is 11.6 Å². The first kappa shape index (κ1) is 18.7. The number of halogens is 2. The minimum atomic E-state index is -0.379. The van der Waals surface area contributed by atoms with E-state index in [0.29, 0.717) is 46.9 Å². The summed E-state index contributed by atoms with van der Waals surface area (Å²) in [5.41, 5.74) is 4.27. The molecule has 2 aromatic carbocycles. The van der Waals surface area contributed by atoms with Crippen LogP contribution in [-0.4, -0.2) is 26.9 Å². The van der Waals surface area contributed by atoms with Crippen LogP contribution in [0.3, 0.4) is 0 Å². The molecule has 160 valence electrons. The number of anilines is 1. The largest absolute Gasteiger partial charge is 0.493 e. The van der Waals surface area contributed by atoms with E-state index in [9.17, 15) is 13.6 Å². The molecule has 32 heavy (non-hydrogen) atoms. The number of ether oxygens (including phenoxy) is 1. The molecule has 2 aliphatic rings. The second-order valence-electron chi connectivity index (χ2n) is 7.75. The maximum Gasteiger partial charge on any atom is 0.272 e. The van der Waals surface area contributed by atoms with Crippen LogP contribution in [0.1, 0.15) is 27.2 Å². The summed E-state index contributed by atoms with van der Waals surface area (Å²) in [4.78, 5) is 21.5. The lowest BCUT2D eigenvalue weighted by Gasteiger charge is -2.17. The van der Waals surface area contributed by atoms with Crippen molar-refractivity contribution in [3.8, 4) is 16.9 Å². The van der Waals surface area contributed by atoms with E-state index >= 15 is 0 Å². The second-order valence-corrected chi connectivity index (χ2v) is 7.75. The van der Waals surface area contributed by atoms with Crippen LogP contribution >= 0.6 is 0 Å². The third-order valence-electron chi connectivity index (χ3n) is 5.94. The van der Waals surface area contributed by atoms with E-state index in [1.165, 1.54) is 24.5 Å². The highest BCUT2D eigenvalue weighted by Gasteiger charge is 2.25. The fourth-order valence-electron chi connectivity index (χ4n) is 4.41. The number of nitrogens with one attached hydrogen (secondary N) is 2. The topological polar surface area (TPSA) is 80.5 Å². The minimum Gasteiger partial charge on any atom is -0.493 e. The number of carbonyl (C=O) groups is 1. The highest BCUT2D eigenvalue weighted by molar-refractivity contribution is 6.04. The van der Waals surface area contributed by atoms with Gasteiger partial charge < -0.3 is 15.4 Å². The molecule has 0 fully saturated rings. The van der Waals surface area contributed by atoms with E-state index in [1.807, 2.05) is 0 Å². The minimum absolute atomic E-state index is 0.185. The molecule has 0 aliphatic carbocycles. The van der Waals surface area contributed by atoms with Gasteiger partial charge in [0.1, 0.15) is 23.7 Å². The normalized spacial score (nSPS) is 14.2. The van der Waals surface area contributed by atoms with Crippen LogP contribution in [0.2, 0.25) is 0 Å². The number of nitrogens with zero attached hydrogens (tertiary/aromatic N) is 3. The smallest absolute Gasteiger partial charge is 0.272 e. The molecule has 0 radical (unpaired) electrons. The lowest BCUT2D eigenvalue weighted by Crippen LogP contribution is -2.25. The lowest BCUT2D eigenvalue weighted by atomic mass is 9.98. The summed E-state index contributed by atoms with van der Waals surface area (Å²) in [5, 5.41) is 5.95.